The number of rotatable bonds is 2. The molecule has 11 heavy (non-hydrogen) atoms. The molecule has 0 aromatic heterocycles. The number of hydrogen-bond acceptors (Lipinski definition) is 4. The zero-order valence-corrected chi connectivity index (χ0v) is 7.43. The lowest BCUT2D eigenvalue weighted by Crippen LogP contribution is -2.31. The second-order valence-corrected chi connectivity index (χ2v) is 1.54. The van der Waals surface area contributed by atoms with Gasteiger partial charge in [0.2, 0.25) is 5.91 Å². The fourth-order valence-electron chi connectivity index (χ4n) is 0.305. The molecular weight excluding hydrogens is 144 g/mol. The van der Waals surface area contributed by atoms with E-state index in [0.717, 1.165) is 0 Å². The normalized spacial score (nSPS) is 8.36. The Balaban J connectivity index is 0. The van der Waals surface area contributed by atoms with Crippen LogP contribution >= 0.6 is 0 Å². The lowest BCUT2D eigenvalue weighted by Gasteiger charge is -1.91. The van der Waals surface area contributed by atoms with Crippen molar-refractivity contribution in [2.24, 2.45) is 5.10 Å². The van der Waals surface area contributed by atoms with Crippen LogP contribution in [0.3, 0.4) is 0 Å². The minimum atomic E-state index is -0.0718. The van der Waals surface area contributed by atoms with E-state index in [2.05, 4.69) is 21.4 Å². The summed E-state index contributed by atoms with van der Waals surface area (Å²) < 4.78 is 0. The van der Waals surface area contributed by atoms with Crippen molar-refractivity contribution in [3.05, 3.63) is 0 Å². The first-order chi connectivity index (χ1) is 5.18. The molecule has 0 saturated heterocycles. The molecule has 0 aliphatic heterocycles. The van der Waals surface area contributed by atoms with Gasteiger partial charge in [0.25, 0.3) is 0 Å². The van der Waals surface area contributed by atoms with E-state index in [1.54, 1.807) is 20.3 Å². The number of carbonyl (C=O) groups excluding carboxylic acids is 1. The summed E-state index contributed by atoms with van der Waals surface area (Å²) in [4.78, 5) is 9.87. The van der Waals surface area contributed by atoms with Crippen LogP contribution in [0.4, 0.5) is 0 Å². The van der Waals surface area contributed by atoms with Crippen molar-refractivity contribution in [1.29, 1.82) is 0 Å². The van der Waals surface area contributed by atoms with Crippen LogP contribution in [0.5, 0.6) is 0 Å². The van der Waals surface area contributed by atoms with Crippen molar-refractivity contribution in [1.82, 2.24) is 16.3 Å². The van der Waals surface area contributed by atoms with E-state index < -0.39 is 0 Å². The molecule has 0 aromatic rings. The summed E-state index contributed by atoms with van der Waals surface area (Å²) in [5, 5.41) is 3.60. The van der Waals surface area contributed by atoms with Gasteiger partial charge in [-0.1, -0.05) is 0 Å². The molecule has 1 amide bonds. The van der Waals surface area contributed by atoms with Crippen molar-refractivity contribution >= 4 is 12.1 Å². The number of hydrazone groups is 1. The SMILES string of the molecule is C/C=N/NC.CNNC(C)=O. The lowest BCUT2D eigenvalue weighted by molar-refractivity contribution is -0.119. The van der Waals surface area contributed by atoms with E-state index in [9.17, 15) is 4.79 Å². The smallest absolute Gasteiger partial charge is 0.230 e. The first kappa shape index (κ1) is 12.6. The second kappa shape index (κ2) is 11.7. The van der Waals surface area contributed by atoms with Crippen molar-refractivity contribution < 1.29 is 4.79 Å². The van der Waals surface area contributed by atoms with Gasteiger partial charge < -0.3 is 5.43 Å². The van der Waals surface area contributed by atoms with Crippen LogP contribution in [-0.2, 0) is 4.79 Å². The summed E-state index contributed by atoms with van der Waals surface area (Å²) in [7, 11) is 3.40. The largest absolute Gasteiger partial charge is 0.313 e. The molecule has 0 saturated carbocycles. The van der Waals surface area contributed by atoms with Crippen LogP contribution in [0.2, 0.25) is 0 Å². The van der Waals surface area contributed by atoms with Gasteiger partial charge in [0.05, 0.1) is 0 Å². The van der Waals surface area contributed by atoms with Crippen LogP contribution in [0.25, 0.3) is 0 Å². The van der Waals surface area contributed by atoms with Crippen molar-refractivity contribution in [3.63, 3.8) is 0 Å². The molecule has 0 spiro atoms. The van der Waals surface area contributed by atoms with Crippen LogP contribution in [-0.4, -0.2) is 26.2 Å². The van der Waals surface area contributed by atoms with Gasteiger partial charge in [0.15, 0.2) is 0 Å². The number of nitrogens with one attached hydrogen (secondary N) is 3. The molecule has 0 unspecified atom stereocenters. The Bertz CT molecular complexity index is 113. The van der Waals surface area contributed by atoms with Crippen molar-refractivity contribution in [2.45, 2.75) is 13.8 Å². The predicted octanol–water partition coefficient (Wildman–Crippen LogP) is -0.532. The molecule has 3 N–H and O–H groups in total. The zero-order valence-electron chi connectivity index (χ0n) is 7.43. The lowest BCUT2D eigenvalue weighted by atomic mass is 10.8. The highest BCUT2D eigenvalue weighted by atomic mass is 16.2. The number of carbonyl (C=O) groups is 1. The number of hydrogen-bond donors (Lipinski definition) is 3. The van der Waals surface area contributed by atoms with Gasteiger partial charge in [-0.15, -0.1) is 0 Å². The van der Waals surface area contributed by atoms with Gasteiger partial charge in [-0.3, -0.25) is 10.2 Å². The van der Waals surface area contributed by atoms with E-state index in [-0.39, 0.29) is 5.91 Å². The molecule has 0 radical (unpaired) electrons. The van der Waals surface area contributed by atoms with Gasteiger partial charge in [-0.25, -0.2) is 5.43 Å². The first-order valence-electron chi connectivity index (χ1n) is 3.26. The zero-order chi connectivity index (χ0) is 9.11. The highest BCUT2D eigenvalue weighted by molar-refractivity contribution is 5.72. The van der Waals surface area contributed by atoms with Gasteiger partial charge in [-0.2, -0.15) is 5.10 Å². The van der Waals surface area contributed by atoms with Crippen LogP contribution in [0, 0.1) is 0 Å². The summed E-state index contributed by atoms with van der Waals surface area (Å²) in [6, 6.07) is 0. The molecule has 5 nitrogen and oxygen atoms in total. The fourth-order valence-corrected chi connectivity index (χ4v) is 0.305. The molecule has 0 aliphatic carbocycles. The molecule has 0 heterocycles. The third kappa shape index (κ3) is 27.9. The summed E-state index contributed by atoms with van der Waals surface area (Å²) in [5.41, 5.74) is 7.37. The Morgan fingerprint density at radius 2 is 2.00 bits per heavy atom. The Labute approximate surface area is 67.2 Å². The van der Waals surface area contributed by atoms with Crippen molar-refractivity contribution in [2.75, 3.05) is 14.1 Å². The predicted molar refractivity (Wildman–Crippen MR) is 46.1 cm³/mol. The quantitative estimate of drug-likeness (QED) is 0.376. The van der Waals surface area contributed by atoms with Crippen LogP contribution < -0.4 is 16.3 Å². The highest BCUT2D eigenvalue weighted by Crippen LogP contribution is 1.46. The average Bonchev–Trinajstić information content (AvgIpc) is 1.90. The van der Waals surface area contributed by atoms with Crippen molar-refractivity contribution in [3.8, 4) is 0 Å². The van der Waals surface area contributed by atoms with E-state index in [4.69, 9.17) is 0 Å². The Kier molecular flexibility index (Phi) is 13.3. The Morgan fingerprint density at radius 1 is 1.45 bits per heavy atom. The van der Waals surface area contributed by atoms with Crippen LogP contribution in [0.15, 0.2) is 5.10 Å². The third-order valence-corrected chi connectivity index (χ3v) is 0.559. The topological polar surface area (TPSA) is 65.5 Å². The van der Waals surface area contributed by atoms with Gasteiger partial charge in [0.1, 0.15) is 0 Å². The van der Waals surface area contributed by atoms with Crippen LogP contribution in [0.1, 0.15) is 13.8 Å². The number of hydrazine groups is 1. The monoisotopic (exact) mass is 160 g/mol. The third-order valence-electron chi connectivity index (χ3n) is 0.559. The molecule has 0 fully saturated rings. The molecular formula is C6H16N4O. The van der Waals surface area contributed by atoms with E-state index >= 15 is 0 Å². The average molecular weight is 160 g/mol. The molecule has 0 aromatic carbocycles. The first-order valence-corrected chi connectivity index (χ1v) is 3.26. The molecule has 66 valence electrons. The molecule has 0 rings (SSSR count). The maximum absolute atomic E-state index is 9.87. The van der Waals surface area contributed by atoms with E-state index in [0.29, 0.717) is 0 Å². The Hall–Kier alpha value is -1.10. The van der Waals surface area contributed by atoms with E-state index in [1.165, 1.54) is 6.92 Å². The highest BCUT2D eigenvalue weighted by Gasteiger charge is 1.77. The Morgan fingerprint density at radius 3 is 2.00 bits per heavy atom. The maximum atomic E-state index is 9.87. The minimum Gasteiger partial charge on any atom is -0.313 e. The second-order valence-electron chi connectivity index (χ2n) is 1.54. The molecule has 5 heteroatoms. The fraction of sp³-hybridized carbons (Fsp3) is 0.667. The minimum absolute atomic E-state index is 0.0718. The molecule has 0 aliphatic rings. The van der Waals surface area contributed by atoms with Gasteiger partial charge in [0, 0.05) is 27.2 Å². The molecule has 0 atom stereocenters. The van der Waals surface area contributed by atoms with E-state index in [1.807, 2.05) is 6.92 Å². The number of nitrogens with zero attached hydrogens (tertiary/aromatic N) is 1. The van der Waals surface area contributed by atoms with Gasteiger partial charge in [-0.05, 0) is 6.92 Å². The summed E-state index contributed by atoms with van der Waals surface area (Å²) >= 11 is 0. The summed E-state index contributed by atoms with van der Waals surface area (Å²) in [6.07, 6.45) is 1.69. The standard InChI is InChI=1S/C3H8N2O.C3H8N2/c1-3(6)5-4-2;1-3-5-4-2/h4H,1-2H3,(H,5,6);3-4H,1-2H3/b;5-3+. The maximum Gasteiger partial charge on any atom is 0.230 e. The molecule has 0 bridgehead atoms. The number of amides is 1. The van der Waals surface area contributed by atoms with Gasteiger partial charge >= 0.3 is 0 Å². The summed E-state index contributed by atoms with van der Waals surface area (Å²) in [5.74, 6) is -0.0718. The summed E-state index contributed by atoms with van der Waals surface area (Å²) in [6.45, 7) is 3.30.